The summed E-state index contributed by atoms with van der Waals surface area (Å²) in [6.07, 6.45) is 7.35. The van der Waals surface area contributed by atoms with Crippen LogP contribution in [-0.2, 0) is 22.4 Å². The van der Waals surface area contributed by atoms with Gasteiger partial charge in [-0.3, -0.25) is 4.79 Å². The van der Waals surface area contributed by atoms with Gasteiger partial charge in [-0.1, -0.05) is 25.0 Å². The Morgan fingerprint density at radius 3 is 2.50 bits per heavy atom. The van der Waals surface area contributed by atoms with E-state index in [1.165, 1.54) is 17.5 Å². The first-order valence-electron chi connectivity index (χ1n) is 8.29. The summed E-state index contributed by atoms with van der Waals surface area (Å²) >= 11 is 0. The van der Waals surface area contributed by atoms with Crippen molar-refractivity contribution in [3.8, 4) is 0 Å². The molecule has 0 saturated heterocycles. The molecule has 0 unspecified atom stereocenters. The van der Waals surface area contributed by atoms with Crippen LogP contribution in [0.15, 0.2) is 18.2 Å². The molecule has 22 heavy (non-hydrogen) atoms. The first kappa shape index (κ1) is 15.1. The fraction of sp³-hybridized carbons (Fsp3) is 0.556. The molecule has 1 N–H and O–H groups in total. The molecule has 0 bridgehead atoms. The molecule has 0 heterocycles. The highest BCUT2D eigenvalue weighted by Gasteiger charge is 2.32. The summed E-state index contributed by atoms with van der Waals surface area (Å²) in [4.78, 5) is 23.8. The van der Waals surface area contributed by atoms with Crippen molar-refractivity contribution in [1.29, 1.82) is 0 Å². The second kappa shape index (κ2) is 6.51. The van der Waals surface area contributed by atoms with Gasteiger partial charge in [0.2, 0.25) is 5.91 Å². The zero-order chi connectivity index (χ0) is 15.5. The molecule has 0 aromatic heterocycles. The second-order valence-electron chi connectivity index (χ2n) is 6.46. The third kappa shape index (κ3) is 3.01. The number of hydrogen-bond donors (Lipinski definition) is 1. The van der Waals surface area contributed by atoms with Crippen molar-refractivity contribution in [1.82, 2.24) is 0 Å². The Kier molecular flexibility index (Phi) is 4.46. The second-order valence-corrected chi connectivity index (χ2v) is 6.46. The monoisotopic (exact) mass is 300 g/mol. The minimum Gasteiger partial charge on any atom is -0.550 e. The Hall–Kier alpha value is -1.84. The number of aryl methyl sites for hydroxylation is 1. The van der Waals surface area contributed by atoms with Crippen LogP contribution in [0.3, 0.4) is 0 Å². The van der Waals surface area contributed by atoms with Crippen LogP contribution in [0.2, 0.25) is 0 Å². The van der Waals surface area contributed by atoms with Crippen LogP contribution in [-0.4, -0.2) is 11.9 Å². The Balaban J connectivity index is 1.78. The van der Waals surface area contributed by atoms with E-state index in [0.29, 0.717) is 12.8 Å². The average Bonchev–Trinajstić information content (AvgIpc) is 2.55. The van der Waals surface area contributed by atoms with Crippen molar-refractivity contribution < 1.29 is 14.7 Å². The van der Waals surface area contributed by atoms with Gasteiger partial charge in [-0.2, -0.15) is 0 Å². The lowest BCUT2D eigenvalue weighted by Gasteiger charge is -2.31. The van der Waals surface area contributed by atoms with Crippen LogP contribution in [0, 0.1) is 11.8 Å². The molecule has 0 aliphatic heterocycles. The molecule has 0 spiro atoms. The highest BCUT2D eigenvalue weighted by atomic mass is 16.4. The number of hydrogen-bond acceptors (Lipinski definition) is 3. The molecular formula is C18H22NO3-. The number of carboxylic acids is 1. The predicted octanol–water partition coefficient (Wildman–Crippen LogP) is 2.06. The summed E-state index contributed by atoms with van der Waals surface area (Å²) in [7, 11) is 0. The lowest BCUT2D eigenvalue weighted by atomic mass is 9.78. The average molecular weight is 300 g/mol. The maximum absolute atomic E-state index is 12.6. The number of fused-ring (bicyclic) bond motifs is 1. The lowest BCUT2D eigenvalue weighted by molar-refractivity contribution is -0.313. The fourth-order valence-corrected chi connectivity index (χ4v) is 3.85. The van der Waals surface area contributed by atoms with E-state index in [9.17, 15) is 14.7 Å². The normalized spacial score (nSPS) is 24.4. The van der Waals surface area contributed by atoms with Crippen molar-refractivity contribution >= 4 is 17.6 Å². The molecule has 0 radical (unpaired) electrons. The van der Waals surface area contributed by atoms with Crippen molar-refractivity contribution in [2.75, 3.05) is 5.32 Å². The standard InChI is InChI=1S/C18H23NO3/c20-17(14-9-3-4-10-15(14)18(21)22)19-16-11-5-7-12-6-1-2-8-13(12)16/h5,7,11,14-15H,1-4,6,8-10H2,(H,19,20)(H,21,22)/p-1/t14-,15+/m0/s1. The number of aliphatic carboxylic acids is 1. The third-order valence-corrected chi connectivity index (χ3v) is 5.06. The fourth-order valence-electron chi connectivity index (χ4n) is 3.85. The van der Waals surface area contributed by atoms with Gasteiger partial charge in [0.1, 0.15) is 0 Å². The molecule has 1 aromatic rings. The molecule has 4 heteroatoms. The van der Waals surface area contributed by atoms with Crippen LogP contribution in [0.5, 0.6) is 0 Å². The van der Waals surface area contributed by atoms with Crippen molar-refractivity contribution in [3.05, 3.63) is 29.3 Å². The zero-order valence-electron chi connectivity index (χ0n) is 12.8. The van der Waals surface area contributed by atoms with Gasteiger partial charge >= 0.3 is 0 Å². The Morgan fingerprint density at radius 2 is 1.73 bits per heavy atom. The number of benzene rings is 1. The zero-order valence-corrected chi connectivity index (χ0v) is 12.8. The van der Waals surface area contributed by atoms with Crippen molar-refractivity contribution in [3.63, 3.8) is 0 Å². The van der Waals surface area contributed by atoms with E-state index >= 15 is 0 Å². The summed E-state index contributed by atoms with van der Waals surface area (Å²) in [6, 6.07) is 6.02. The Bertz CT molecular complexity index is 582. The van der Waals surface area contributed by atoms with Gasteiger partial charge in [0.15, 0.2) is 0 Å². The summed E-state index contributed by atoms with van der Waals surface area (Å²) in [6.45, 7) is 0. The lowest BCUT2D eigenvalue weighted by Crippen LogP contribution is -2.42. The molecule has 4 nitrogen and oxygen atoms in total. The SMILES string of the molecule is O=C(Nc1cccc2c1CCCC2)[C@H]1CCCC[C@H]1C(=O)[O-]. The number of amides is 1. The molecule has 1 fully saturated rings. The molecule has 118 valence electrons. The molecule has 1 aromatic carbocycles. The number of rotatable bonds is 3. The van der Waals surface area contributed by atoms with E-state index in [2.05, 4.69) is 11.4 Å². The highest BCUT2D eigenvalue weighted by Crippen LogP contribution is 2.32. The van der Waals surface area contributed by atoms with Crippen LogP contribution in [0.1, 0.15) is 49.7 Å². The maximum atomic E-state index is 12.6. The van der Waals surface area contributed by atoms with Crippen molar-refractivity contribution in [2.24, 2.45) is 11.8 Å². The van der Waals surface area contributed by atoms with Crippen LogP contribution in [0.4, 0.5) is 5.69 Å². The number of anilines is 1. The van der Waals surface area contributed by atoms with Gasteiger partial charge in [-0.25, -0.2) is 0 Å². The van der Waals surface area contributed by atoms with Gasteiger partial charge in [-0.05, 0) is 55.7 Å². The molecular weight excluding hydrogens is 278 g/mol. The maximum Gasteiger partial charge on any atom is 0.228 e. The van der Waals surface area contributed by atoms with E-state index in [1.807, 2.05) is 12.1 Å². The topological polar surface area (TPSA) is 69.2 Å². The molecule has 1 amide bonds. The molecule has 1 saturated carbocycles. The van der Waals surface area contributed by atoms with Gasteiger partial charge in [0, 0.05) is 23.5 Å². The minimum atomic E-state index is -1.09. The smallest absolute Gasteiger partial charge is 0.228 e. The van der Waals surface area contributed by atoms with Crippen LogP contribution >= 0.6 is 0 Å². The summed E-state index contributed by atoms with van der Waals surface area (Å²) in [5.74, 6) is -2.35. The summed E-state index contributed by atoms with van der Waals surface area (Å²) in [5.41, 5.74) is 3.40. The molecule has 2 aliphatic carbocycles. The Morgan fingerprint density at radius 1 is 1.00 bits per heavy atom. The highest BCUT2D eigenvalue weighted by molar-refractivity contribution is 5.95. The first-order chi connectivity index (χ1) is 10.7. The van der Waals surface area contributed by atoms with E-state index < -0.39 is 17.8 Å². The van der Waals surface area contributed by atoms with Gasteiger partial charge in [-0.15, -0.1) is 0 Å². The van der Waals surface area contributed by atoms with E-state index in [4.69, 9.17) is 0 Å². The van der Waals surface area contributed by atoms with E-state index in [-0.39, 0.29) is 5.91 Å². The van der Waals surface area contributed by atoms with Gasteiger partial charge in [0.25, 0.3) is 0 Å². The first-order valence-corrected chi connectivity index (χ1v) is 8.29. The van der Waals surface area contributed by atoms with Gasteiger partial charge < -0.3 is 15.2 Å². The number of carboxylic acid groups (broad SMARTS) is 1. The summed E-state index contributed by atoms with van der Waals surface area (Å²) in [5, 5.41) is 14.3. The third-order valence-electron chi connectivity index (χ3n) is 5.06. The van der Waals surface area contributed by atoms with E-state index in [0.717, 1.165) is 37.8 Å². The van der Waals surface area contributed by atoms with Crippen LogP contribution in [0.25, 0.3) is 0 Å². The summed E-state index contributed by atoms with van der Waals surface area (Å²) < 4.78 is 0. The Labute approximate surface area is 130 Å². The molecule has 2 aliphatic rings. The van der Waals surface area contributed by atoms with Gasteiger partial charge in [0.05, 0.1) is 0 Å². The van der Waals surface area contributed by atoms with Crippen LogP contribution < -0.4 is 10.4 Å². The predicted molar refractivity (Wildman–Crippen MR) is 82.2 cm³/mol. The number of carbonyl (C=O) groups excluding carboxylic acids is 2. The van der Waals surface area contributed by atoms with Crippen molar-refractivity contribution in [2.45, 2.75) is 51.4 Å². The largest absolute Gasteiger partial charge is 0.550 e. The minimum absolute atomic E-state index is 0.159. The molecule has 3 rings (SSSR count). The quantitative estimate of drug-likeness (QED) is 0.929. The van der Waals surface area contributed by atoms with E-state index in [1.54, 1.807) is 0 Å². The molecule has 2 atom stereocenters. The number of nitrogens with one attached hydrogen (secondary N) is 1. The number of carbonyl (C=O) groups is 2.